The number of benzene rings is 4. The largest absolute Gasteiger partial charge is 0.354 e. The first kappa shape index (κ1) is 35.0. The average Bonchev–Trinajstić information content (AvgIpc) is 3.06. The fourth-order valence-electron chi connectivity index (χ4n) is 5.16. The van der Waals surface area contributed by atoms with Crippen molar-refractivity contribution in [1.29, 1.82) is 0 Å². The summed E-state index contributed by atoms with van der Waals surface area (Å²) in [7, 11) is -4.19. The van der Waals surface area contributed by atoms with E-state index in [1.54, 1.807) is 54.6 Å². The van der Waals surface area contributed by atoms with Crippen LogP contribution in [0.2, 0.25) is 10.0 Å². The molecule has 1 atom stereocenters. The molecule has 10 heteroatoms. The van der Waals surface area contributed by atoms with Crippen molar-refractivity contribution in [3.05, 3.63) is 129 Å². The van der Waals surface area contributed by atoms with Crippen LogP contribution < -0.4 is 9.62 Å². The van der Waals surface area contributed by atoms with Gasteiger partial charge in [0.25, 0.3) is 10.0 Å². The van der Waals surface area contributed by atoms with Crippen LogP contribution in [0.5, 0.6) is 0 Å². The van der Waals surface area contributed by atoms with Crippen molar-refractivity contribution < 1.29 is 18.0 Å². The molecule has 0 saturated carbocycles. The molecule has 0 aliphatic rings. The van der Waals surface area contributed by atoms with Gasteiger partial charge in [0.05, 0.1) is 20.6 Å². The van der Waals surface area contributed by atoms with Gasteiger partial charge in [0.1, 0.15) is 12.6 Å². The second-order valence-corrected chi connectivity index (χ2v) is 13.8. The lowest BCUT2D eigenvalue weighted by atomic mass is 10.0. The molecular weight excluding hydrogens is 641 g/mol. The predicted octanol–water partition coefficient (Wildman–Crippen LogP) is 7.23. The highest BCUT2D eigenvalue weighted by Crippen LogP contribution is 2.29. The normalized spacial score (nSPS) is 11.9. The summed E-state index contributed by atoms with van der Waals surface area (Å²) >= 11 is 12.5. The summed E-state index contributed by atoms with van der Waals surface area (Å²) in [6.45, 7) is 5.66. The van der Waals surface area contributed by atoms with Crippen molar-refractivity contribution in [3.63, 3.8) is 0 Å². The van der Waals surface area contributed by atoms with E-state index in [2.05, 4.69) is 5.32 Å². The van der Waals surface area contributed by atoms with Crippen LogP contribution >= 0.6 is 23.2 Å². The summed E-state index contributed by atoms with van der Waals surface area (Å²) in [6, 6.07) is 27.2. The van der Waals surface area contributed by atoms with Crippen LogP contribution in [0, 0.1) is 6.92 Å². The quantitative estimate of drug-likeness (QED) is 0.152. The molecule has 4 aromatic carbocycles. The predicted molar refractivity (Wildman–Crippen MR) is 186 cm³/mol. The number of hydrogen-bond acceptors (Lipinski definition) is 4. The molecule has 7 nitrogen and oxygen atoms in total. The minimum atomic E-state index is -4.19. The first-order valence-corrected chi connectivity index (χ1v) is 17.5. The molecule has 0 saturated heterocycles. The number of nitrogens with one attached hydrogen (secondary N) is 1. The third kappa shape index (κ3) is 8.69. The molecule has 46 heavy (non-hydrogen) atoms. The Balaban J connectivity index is 1.83. The maximum Gasteiger partial charge on any atom is 0.264 e. The number of halogens is 2. The Kier molecular flexibility index (Phi) is 12.3. The van der Waals surface area contributed by atoms with Gasteiger partial charge in [-0.2, -0.15) is 0 Å². The lowest BCUT2D eigenvalue weighted by molar-refractivity contribution is -0.140. The van der Waals surface area contributed by atoms with Gasteiger partial charge >= 0.3 is 0 Å². The van der Waals surface area contributed by atoms with E-state index in [1.807, 2.05) is 63.2 Å². The topological polar surface area (TPSA) is 86.8 Å². The van der Waals surface area contributed by atoms with Crippen LogP contribution in [-0.2, 0) is 39.0 Å². The van der Waals surface area contributed by atoms with Gasteiger partial charge in [0.15, 0.2) is 0 Å². The third-order valence-corrected chi connectivity index (χ3v) is 10.2. The van der Waals surface area contributed by atoms with E-state index in [4.69, 9.17) is 23.2 Å². The fraction of sp³-hybridized carbons (Fsp3) is 0.278. The number of nitrogens with zero attached hydrogens (tertiary/aromatic N) is 2. The van der Waals surface area contributed by atoms with Gasteiger partial charge in [0, 0.05) is 19.5 Å². The van der Waals surface area contributed by atoms with Crippen molar-refractivity contribution in [1.82, 2.24) is 10.2 Å². The van der Waals surface area contributed by atoms with Crippen LogP contribution in [0.15, 0.2) is 102 Å². The molecular formula is C36H39Cl2N3O4S. The van der Waals surface area contributed by atoms with Crippen LogP contribution in [0.3, 0.4) is 0 Å². The highest BCUT2D eigenvalue weighted by Gasteiger charge is 2.35. The van der Waals surface area contributed by atoms with Gasteiger partial charge in [-0.25, -0.2) is 8.42 Å². The molecule has 1 unspecified atom stereocenters. The van der Waals surface area contributed by atoms with Crippen molar-refractivity contribution in [3.8, 4) is 0 Å². The lowest BCUT2D eigenvalue weighted by Gasteiger charge is -2.34. The summed E-state index contributed by atoms with van der Waals surface area (Å²) in [4.78, 5) is 29.9. The molecule has 0 aromatic heterocycles. The lowest BCUT2D eigenvalue weighted by Crippen LogP contribution is -2.53. The molecule has 4 rings (SSSR count). The minimum Gasteiger partial charge on any atom is -0.354 e. The smallest absolute Gasteiger partial charge is 0.264 e. The zero-order chi connectivity index (χ0) is 33.3. The summed E-state index contributed by atoms with van der Waals surface area (Å²) in [6.07, 6.45) is 1.48. The summed E-state index contributed by atoms with van der Waals surface area (Å²) in [5.41, 5.74) is 3.58. The Morgan fingerprint density at radius 1 is 0.826 bits per heavy atom. The maximum atomic E-state index is 14.6. The third-order valence-electron chi connectivity index (χ3n) is 7.69. The first-order chi connectivity index (χ1) is 22.0. The zero-order valence-electron chi connectivity index (χ0n) is 26.2. The molecule has 0 aliphatic carbocycles. The molecule has 0 heterocycles. The molecule has 0 fully saturated rings. The second kappa shape index (κ2) is 16.1. The standard InChI is InChI=1S/C36H39Cl2N3O4S/c1-4-21-39-36(43)34(23-27-11-7-6-8-12-27)40(24-28-17-20-31(37)32(38)22-28)35(42)25-41(33-14-10-9-13-29(33)5-2)46(44,45)30-18-15-26(3)16-19-30/h6-20,22,34H,4-5,21,23-25H2,1-3H3,(H,39,43). The number of rotatable bonds is 14. The fourth-order valence-corrected chi connectivity index (χ4v) is 6.93. The molecule has 1 N–H and O–H groups in total. The van der Waals surface area contributed by atoms with Crippen LogP contribution in [0.25, 0.3) is 0 Å². The molecule has 242 valence electrons. The average molecular weight is 681 g/mol. The highest BCUT2D eigenvalue weighted by molar-refractivity contribution is 7.92. The maximum absolute atomic E-state index is 14.6. The van der Waals surface area contributed by atoms with Crippen molar-refractivity contribution in [2.24, 2.45) is 0 Å². The Morgan fingerprint density at radius 3 is 2.15 bits per heavy atom. The van der Waals surface area contributed by atoms with E-state index in [9.17, 15) is 18.0 Å². The van der Waals surface area contributed by atoms with Crippen molar-refractivity contribution >= 4 is 50.7 Å². The number of carbonyl (C=O) groups is 2. The van der Waals surface area contributed by atoms with Crippen LogP contribution in [-0.4, -0.2) is 44.3 Å². The number of anilines is 1. The van der Waals surface area contributed by atoms with Crippen LogP contribution in [0.4, 0.5) is 5.69 Å². The van der Waals surface area contributed by atoms with Gasteiger partial charge < -0.3 is 10.2 Å². The van der Waals surface area contributed by atoms with E-state index in [-0.39, 0.29) is 23.8 Å². The SMILES string of the molecule is CCCNC(=O)C(Cc1ccccc1)N(Cc1ccc(Cl)c(Cl)c1)C(=O)CN(c1ccccc1CC)S(=O)(=O)c1ccc(C)cc1. The van der Waals surface area contributed by atoms with E-state index in [0.717, 1.165) is 21.0 Å². The van der Waals surface area contributed by atoms with Gasteiger partial charge in [-0.15, -0.1) is 0 Å². The van der Waals surface area contributed by atoms with E-state index in [0.29, 0.717) is 40.7 Å². The van der Waals surface area contributed by atoms with Gasteiger partial charge in [-0.05, 0) is 66.8 Å². The van der Waals surface area contributed by atoms with E-state index >= 15 is 0 Å². The van der Waals surface area contributed by atoms with E-state index in [1.165, 1.54) is 4.90 Å². The molecule has 2 amide bonds. The van der Waals surface area contributed by atoms with Crippen molar-refractivity contribution in [2.75, 3.05) is 17.4 Å². The zero-order valence-corrected chi connectivity index (χ0v) is 28.6. The Labute approximate surface area is 282 Å². The number of carbonyl (C=O) groups excluding carboxylic acids is 2. The monoisotopic (exact) mass is 679 g/mol. The first-order valence-electron chi connectivity index (χ1n) is 15.3. The number of sulfonamides is 1. The Hall–Kier alpha value is -3.85. The molecule has 0 radical (unpaired) electrons. The van der Waals surface area contributed by atoms with Gasteiger partial charge in [-0.3, -0.25) is 13.9 Å². The molecule has 0 bridgehead atoms. The number of aryl methyl sites for hydroxylation is 2. The molecule has 0 spiro atoms. The minimum absolute atomic E-state index is 0.000607. The van der Waals surface area contributed by atoms with Gasteiger partial charge in [-0.1, -0.05) is 109 Å². The molecule has 0 aliphatic heterocycles. The summed E-state index contributed by atoms with van der Waals surface area (Å²) in [5, 5.41) is 3.61. The molecule has 4 aromatic rings. The second-order valence-electron chi connectivity index (χ2n) is 11.1. The summed E-state index contributed by atoms with van der Waals surface area (Å²) < 4.78 is 29.7. The highest BCUT2D eigenvalue weighted by atomic mass is 35.5. The van der Waals surface area contributed by atoms with Crippen molar-refractivity contribution in [2.45, 2.75) is 57.5 Å². The summed E-state index contributed by atoms with van der Waals surface area (Å²) in [5.74, 6) is -0.874. The van der Waals surface area contributed by atoms with Crippen LogP contribution in [0.1, 0.15) is 42.5 Å². The number of para-hydroxylation sites is 1. The van der Waals surface area contributed by atoms with E-state index < -0.39 is 28.5 Å². The Morgan fingerprint density at radius 2 is 1.50 bits per heavy atom. The number of amides is 2. The Bertz CT molecular complexity index is 1750. The van der Waals surface area contributed by atoms with Gasteiger partial charge in [0.2, 0.25) is 11.8 Å². The number of hydrogen-bond donors (Lipinski definition) is 1.